The topological polar surface area (TPSA) is 58.4 Å². The zero-order valence-electron chi connectivity index (χ0n) is 30.0. The van der Waals surface area contributed by atoms with Crippen molar-refractivity contribution in [3.05, 3.63) is 188 Å². The number of aromatic nitrogens is 7. The number of benzene rings is 7. The normalized spacial score (nSPS) is 11.9. The van der Waals surface area contributed by atoms with Gasteiger partial charge < -0.3 is 9.13 Å². The Morgan fingerprint density at radius 1 is 0.304 bits per heavy atom. The van der Waals surface area contributed by atoms with Gasteiger partial charge in [0.15, 0.2) is 5.82 Å². The molecule has 12 aromatic rings. The van der Waals surface area contributed by atoms with Crippen LogP contribution in [0.4, 0.5) is 0 Å². The number of nitrogens with zero attached hydrogens (tertiary/aromatic N) is 7. The van der Waals surface area contributed by atoms with Crippen molar-refractivity contribution in [3.63, 3.8) is 0 Å². The number of fused-ring (bicyclic) bond motifs is 10. The van der Waals surface area contributed by atoms with E-state index < -0.39 is 0 Å². The molecule has 12 rings (SSSR count). The Morgan fingerprint density at radius 3 is 1.21 bits per heavy atom. The summed E-state index contributed by atoms with van der Waals surface area (Å²) in [6.45, 7) is 0. The molecule has 0 aliphatic rings. The molecule has 7 aromatic carbocycles. The van der Waals surface area contributed by atoms with Gasteiger partial charge in [-0.25, -0.2) is 0 Å². The molecule has 5 heterocycles. The zero-order valence-corrected chi connectivity index (χ0v) is 30.0. The predicted octanol–water partition coefficient (Wildman–Crippen LogP) is 11.6. The fraction of sp³-hybridized carbons (Fsp3) is 0. The number of hydrogen-bond donors (Lipinski definition) is 0. The van der Waals surface area contributed by atoms with Crippen molar-refractivity contribution < 1.29 is 0 Å². The van der Waals surface area contributed by atoms with E-state index in [1.165, 1.54) is 0 Å². The second-order valence-electron chi connectivity index (χ2n) is 14.2. The van der Waals surface area contributed by atoms with Crippen LogP contribution in [0.15, 0.2) is 188 Å². The Kier molecular flexibility index (Phi) is 6.50. The summed E-state index contributed by atoms with van der Waals surface area (Å²) in [5.74, 6) is 1.71. The lowest BCUT2D eigenvalue weighted by molar-refractivity contribution is 0.894. The van der Waals surface area contributed by atoms with E-state index in [9.17, 15) is 0 Å². The Hall–Kier alpha value is -7.77. The Labute approximate surface area is 320 Å². The second-order valence-corrected chi connectivity index (χ2v) is 14.2. The smallest absolute Gasteiger partial charge is 0.240 e. The molecule has 0 aliphatic heterocycles. The average molecular weight is 718 g/mol. The third-order valence-electron chi connectivity index (χ3n) is 11.1. The SMILES string of the molecule is c1ccc(-c2nc(-n3c4ccccc4c4ccc5c(ccn5-c5ccccc5)c43)nc(-n3c4ccccc4c4ccc5c(ccn5-c5ccccc5)c43)n2)cc1. The molecule has 0 saturated carbocycles. The minimum absolute atomic E-state index is 0.556. The molecule has 0 fully saturated rings. The van der Waals surface area contributed by atoms with Crippen LogP contribution in [0, 0.1) is 0 Å². The van der Waals surface area contributed by atoms with Gasteiger partial charge in [-0.3, -0.25) is 9.13 Å². The summed E-state index contributed by atoms with van der Waals surface area (Å²) in [5, 5.41) is 6.80. The van der Waals surface area contributed by atoms with Crippen LogP contribution in [0.3, 0.4) is 0 Å². The maximum atomic E-state index is 5.48. The molecule has 0 spiro atoms. The van der Waals surface area contributed by atoms with Gasteiger partial charge in [-0.1, -0.05) is 115 Å². The lowest BCUT2D eigenvalue weighted by Crippen LogP contribution is -2.10. The first-order valence-corrected chi connectivity index (χ1v) is 18.8. The van der Waals surface area contributed by atoms with Crippen molar-refractivity contribution in [2.45, 2.75) is 0 Å². The summed E-state index contributed by atoms with van der Waals surface area (Å²) in [6, 6.07) is 61.6. The van der Waals surface area contributed by atoms with Crippen molar-refractivity contribution in [2.75, 3.05) is 0 Å². The molecule has 7 heteroatoms. The van der Waals surface area contributed by atoms with Crippen molar-refractivity contribution in [1.82, 2.24) is 33.2 Å². The van der Waals surface area contributed by atoms with Gasteiger partial charge in [-0.05, 0) is 60.7 Å². The van der Waals surface area contributed by atoms with E-state index in [-0.39, 0.29) is 0 Å². The van der Waals surface area contributed by atoms with Crippen molar-refractivity contribution in [3.8, 4) is 34.7 Å². The van der Waals surface area contributed by atoms with Gasteiger partial charge >= 0.3 is 0 Å². The lowest BCUT2D eigenvalue weighted by atomic mass is 10.1. The summed E-state index contributed by atoms with van der Waals surface area (Å²) in [5.41, 5.74) is 9.52. The molecule has 0 N–H and O–H groups in total. The Balaban J connectivity index is 1.20. The first kappa shape index (κ1) is 30.7. The largest absolute Gasteiger partial charge is 0.316 e. The minimum Gasteiger partial charge on any atom is -0.316 e. The van der Waals surface area contributed by atoms with Crippen LogP contribution in [0.2, 0.25) is 0 Å². The molecule has 0 unspecified atom stereocenters. The van der Waals surface area contributed by atoms with Crippen molar-refractivity contribution in [2.24, 2.45) is 0 Å². The summed E-state index contributed by atoms with van der Waals surface area (Å²) < 4.78 is 8.95. The van der Waals surface area contributed by atoms with E-state index in [0.717, 1.165) is 82.4 Å². The molecule has 0 atom stereocenters. The van der Waals surface area contributed by atoms with Crippen LogP contribution in [-0.2, 0) is 0 Å². The Bertz CT molecular complexity index is 3250. The molecule has 56 heavy (non-hydrogen) atoms. The van der Waals surface area contributed by atoms with Crippen LogP contribution < -0.4 is 0 Å². The average Bonchev–Trinajstić information content (AvgIpc) is 4.05. The summed E-state index contributed by atoms with van der Waals surface area (Å²) in [7, 11) is 0. The standard InChI is InChI=1S/C49H31N7/c1-4-14-32(15-5-1)47-50-48(55-43-22-12-10-20-35(43)37-24-26-41-39(45(37)55)28-30-53(41)33-16-6-2-7-17-33)52-49(51-47)56-44-23-13-11-21-36(44)38-25-27-42-40(46(38)56)29-31-54(42)34-18-8-3-9-19-34/h1-31H. The molecule has 0 amide bonds. The van der Waals surface area contributed by atoms with Gasteiger partial charge in [0.25, 0.3) is 0 Å². The van der Waals surface area contributed by atoms with Gasteiger partial charge in [0, 0.05) is 61.6 Å². The predicted molar refractivity (Wildman–Crippen MR) is 228 cm³/mol. The molecule has 0 radical (unpaired) electrons. The van der Waals surface area contributed by atoms with Gasteiger partial charge in [0.1, 0.15) is 0 Å². The molecule has 7 nitrogen and oxygen atoms in total. The first-order chi connectivity index (χ1) is 27.8. The third-order valence-corrected chi connectivity index (χ3v) is 11.1. The van der Waals surface area contributed by atoms with Gasteiger partial charge in [-0.2, -0.15) is 15.0 Å². The number of para-hydroxylation sites is 4. The van der Waals surface area contributed by atoms with Crippen LogP contribution in [0.25, 0.3) is 100 Å². The van der Waals surface area contributed by atoms with Gasteiger partial charge in [0.2, 0.25) is 11.9 Å². The van der Waals surface area contributed by atoms with Crippen molar-refractivity contribution in [1.29, 1.82) is 0 Å². The molecule has 0 bridgehead atoms. The van der Waals surface area contributed by atoms with Gasteiger partial charge in [0.05, 0.1) is 33.1 Å². The van der Waals surface area contributed by atoms with Crippen molar-refractivity contribution >= 4 is 65.4 Å². The van der Waals surface area contributed by atoms with E-state index in [1.54, 1.807) is 0 Å². The molecule has 262 valence electrons. The van der Waals surface area contributed by atoms with Crippen LogP contribution in [0.5, 0.6) is 0 Å². The number of rotatable bonds is 5. The summed E-state index contributed by atoms with van der Waals surface area (Å²) >= 11 is 0. The first-order valence-electron chi connectivity index (χ1n) is 18.8. The third kappa shape index (κ3) is 4.42. The molecule has 5 aromatic heterocycles. The molecular weight excluding hydrogens is 687 g/mol. The van der Waals surface area contributed by atoms with E-state index in [1.807, 2.05) is 18.2 Å². The van der Waals surface area contributed by atoms with Crippen LogP contribution in [-0.4, -0.2) is 33.2 Å². The van der Waals surface area contributed by atoms with Crippen LogP contribution in [0.1, 0.15) is 0 Å². The summed E-state index contributed by atoms with van der Waals surface area (Å²) in [6.07, 6.45) is 4.31. The highest BCUT2D eigenvalue weighted by Crippen LogP contribution is 2.40. The molecule has 0 aliphatic carbocycles. The Morgan fingerprint density at radius 2 is 0.732 bits per heavy atom. The minimum atomic E-state index is 0.556. The van der Waals surface area contributed by atoms with Gasteiger partial charge in [-0.15, -0.1) is 0 Å². The summed E-state index contributed by atoms with van der Waals surface area (Å²) in [4.78, 5) is 16.1. The van der Waals surface area contributed by atoms with E-state index >= 15 is 0 Å². The maximum absolute atomic E-state index is 5.48. The van der Waals surface area contributed by atoms with E-state index in [4.69, 9.17) is 15.0 Å². The highest BCUT2D eigenvalue weighted by Gasteiger charge is 2.23. The number of hydrogen-bond acceptors (Lipinski definition) is 3. The highest BCUT2D eigenvalue weighted by atomic mass is 15.3. The van der Waals surface area contributed by atoms with Crippen LogP contribution >= 0.6 is 0 Å². The maximum Gasteiger partial charge on any atom is 0.240 e. The van der Waals surface area contributed by atoms with E-state index in [0.29, 0.717) is 17.7 Å². The second kappa shape index (κ2) is 11.9. The zero-order chi connectivity index (χ0) is 36.7. The fourth-order valence-electron chi connectivity index (χ4n) is 8.67. The quantitative estimate of drug-likeness (QED) is 0.178. The fourth-order valence-corrected chi connectivity index (χ4v) is 8.67. The highest BCUT2D eigenvalue weighted by molar-refractivity contribution is 6.19. The molecular formula is C49H31N7. The molecule has 0 saturated heterocycles. The monoisotopic (exact) mass is 717 g/mol. The van der Waals surface area contributed by atoms with E-state index in [2.05, 4.69) is 188 Å². The lowest BCUT2D eigenvalue weighted by Gasteiger charge is -2.13.